The van der Waals surface area contributed by atoms with Crippen LogP contribution in [0.15, 0.2) is 140 Å². The van der Waals surface area contributed by atoms with Crippen LogP contribution >= 0.6 is 11.3 Å². The van der Waals surface area contributed by atoms with Crippen molar-refractivity contribution in [1.29, 1.82) is 0 Å². The van der Waals surface area contributed by atoms with Crippen LogP contribution in [0.4, 0.5) is 45.8 Å². The molecule has 0 bridgehead atoms. The zero-order chi connectivity index (χ0) is 39.8. The van der Waals surface area contributed by atoms with Crippen molar-refractivity contribution in [2.45, 2.75) is 77.2 Å². The fraction of sp³-hybridized carbons (Fsp3) is 0.226. The van der Waals surface area contributed by atoms with E-state index >= 15 is 0 Å². The maximum Gasteiger partial charge on any atom is 0.254 e. The molecule has 4 aliphatic rings. The van der Waals surface area contributed by atoms with E-state index in [1.807, 2.05) is 11.3 Å². The van der Waals surface area contributed by atoms with Gasteiger partial charge in [0.15, 0.2) is 0 Å². The minimum Gasteiger partial charge on any atom is -0.335 e. The van der Waals surface area contributed by atoms with Gasteiger partial charge in [-0.25, -0.2) is 4.98 Å². The number of fused-ring (bicyclic) bond motifs is 10. The van der Waals surface area contributed by atoms with Gasteiger partial charge in [-0.1, -0.05) is 124 Å². The summed E-state index contributed by atoms with van der Waals surface area (Å²) in [5.74, 6) is 2.26. The highest BCUT2D eigenvalue weighted by Gasteiger charge is 2.61. The van der Waals surface area contributed by atoms with Crippen LogP contribution in [0.2, 0.25) is 0 Å². The maximum atomic E-state index is 5.91. The summed E-state index contributed by atoms with van der Waals surface area (Å²) in [5, 5.41) is 2.57. The van der Waals surface area contributed by atoms with Crippen molar-refractivity contribution in [3.05, 3.63) is 156 Å². The van der Waals surface area contributed by atoms with E-state index in [2.05, 4.69) is 189 Å². The zero-order valence-corrected chi connectivity index (χ0v) is 35.3. The normalized spacial score (nSPS) is 19.9. The molecule has 0 spiro atoms. The largest absolute Gasteiger partial charge is 0.335 e. The lowest BCUT2D eigenvalue weighted by Gasteiger charge is -2.52. The Balaban J connectivity index is 1.16. The van der Waals surface area contributed by atoms with Gasteiger partial charge in [0.25, 0.3) is 6.71 Å². The summed E-state index contributed by atoms with van der Waals surface area (Å²) in [4.78, 5) is 13.6. The molecular weight excluding hydrogens is 735 g/mol. The average Bonchev–Trinajstić information content (AvgIpc) is 3.74. The number of aryl methyl sites for hydroxylation is 1. The number of hydrogen-bond donors (Lipinski definition) is 0. The fourth-order valence-corrected chi connectivity index (χ4v) is 12.7. The molecule has 0 N–H and O–H groups in total. The minimum atomic E-state index is -0.0196. The van der Waals surface area contributed by atoms with Crippen LogP contribution in [-0.4, -0.2) is 17.2 Å². The van der Waals surface area contributed by atoms with Crippen molar-refractivity contribution < 1.29 is 0 Å². The Morgan fingerprint density at radius 3 is 2.27 bits per heavy atom. The van der Waals surface area contributed by atoms with Crippen molar-refractivity contribution in [2.24, 2.45) is 0 Å². The van der Waals surface area contributed by atoms with E-state index in [1.165, 1.54) is 90.4 Å². The predicted octanol–water partition coefficient (Wildman–Crippen LogP) is 12.7. The van der Waals surface area contributed by atoms with Crippen LogP contribution in [-0.2, 0) is 5.41 Å². The molecule has 1 fully saturated rings. The molecule has 1 aliphatic carbocycles. The summed E-state index contributed by atoms with van der Waals surface area (Å²) < 4.78 is 2.56. The van der Waals surface area contributed by atoms with Crippen molar-refractivity contribution in [1.82, 2.24) is 4.98 Å². The van der Waals surface area contributed by atoms with Gasteiger partial charge in [0.1, 0.15) is 11.6 Å². The lowest BCUT2D eigenvalue weighted by Crippen LogP contribution is -2.64. The predicted molar refractivity (Wildman–Crippen MR) is 253 cm³/mol. The van der Waals surface area contributed by atoms with E-state index in [0.29, 0.717) is 5.92 Å². The third-order valence-electron chi connectivity index (χ3n) is 14.6. The Hall–Kier alpha value is -5.85. The minimum absolute atomic E-state index is 0.0196. The van der Waals surface area contributed by atoms with Gasteiger partial charge in [-0.05, 0) is 115 Å². The van der Waals surface area contributed by atoms with Crippen LogP contribution in [0.3, 0.4) is 0 Å². The number of para-hydroxylation sites is 2. The molecule has 2 unspecified atom stereocenters. The lowest BCUT2D eigenvalue weighted by molar-refractivity contribution is 0.195. The van der Waals surface area contributed by atoms with E-state index in [9.17, 15) is 0 Å². The summed E-state index contributed by atoms with van der Waals surface area (Å²) in [7, 11) is 0. The number of pyridine rings is 1. The third-order valence-corrected chi connectivity index (χ3v) is 15.8. The summed E-state index contributed by atoms with van der Waals surface area (Å²) in [6.45, 7) is 12.2. The SMILES string of the molecule is Cc1cc2c3c(c1)C1(C)CCCCC1(C)N3c1cc(C(C)C)cc3c1B2c1ccc(N(c2ccccc2)c2cccc4c2sc2ccccc24)nc1N3c1ccccc1. The molecule has 59 heavy (non-hydrogen) atoms. The van der Waals surface area contributed by atoms with E-state index in [4.69, 9.17) is 4.98 Å². The standard InChI is InChI=1S/C53H47BN4S/c1-33(2)35-31-44-48-45(32-35)58-49-40(52(4)27-14-15-28-53(52,58)5)29-34(3)30-42(49)54(48)41-25-26-47(55-51(41)57(44)37-19-10-7-11-20-37)56(36-17-8-6-9-18-36)43-23-16-22-39-38-21-12-13-24-46(38)59-50(39)43/h6-13,16-26,29-33H,14-15,27-28H2,1-5H3. The molecule has 3 aliphatic heterocycles. The molecule has 5 heterocycles. The molecule has 12 rings (SSSR count). The highest BCUT2D eigenvalue weighted by atomic mass is 32.1. The zero-order valence-electron chi connectivity index (χ0n) is 34.5. The van der Waals surface area contributed by atoms with Gasteiger partial charge in [-0.2, -0.15) is 0 Å². The second-order valence-corrected chi connectivity index (χ2v) is 19.2. The molecule has 1 saturated carbocycles. The van der Waals surface area contributed by atoms with Gasteiger partial charge in [0, 0.05) is 49.3 Å². The number of aromatic nitrogens is 1. The Morgan fingerprint density at radius 2 is 1.46 bits per heavy atom. The summed E-state index contributed by atoms with van der Waals surface area (Å²) in [6, 6.07) is 52.1. The van der Waals surface area contributed by atoms with Gasteiger partial charge < -0.3 is 4.90 Å². The average molecular weight is 783 g/mol. The first-order valence-electron chi connectivity index (χ1n) is 21.5. The number of anilines is 8. The second-order valence-electron chi connectivity index (χ2n) is 18.1. The van der Waals surface area contributed by atoms with Crippen molar-refractivity contribution in [3.63, 3.8) is 0 Å². The van der Waals surface area contributed by atoms with E-state index < -0.39 is 0 Å². The van der Waals surface area contributed by atoms with Gasteiger partial charge in [-0.15, -0.1) is 11.3 Å². The summed E-state index contributed by atoms with van der Waals surface area (Å²) in [5.41, 5.74) is 15.9. The summed E-state index contributed by atoms with van der Waals surface area (Å²) >= 11 is 1.86. The molecule has 0 saturated heterocycles. The van der Waals surface area contributed by atoms with Crippen LogP contribution in [0.25, 0.3) is 20.2 Å². The maximum absolute atomic E-state index is 5.91. The molecule has 8 aromatic rings. The van der Waals surface area contributed by atoms with Crippen molar-refractivity contribution >= 4 is 100 Å². The van der Waals surface area contributed by atoms with Gasteiger partial charge in [-0.3, -0.25) is 9.80 Å². The number of hydrogen-bond acceptors (Lipinski definition) is 5. The van der Waals surface area contributed by atoms with Gasteiger partial charge >= 0.3 is 0 Å². The Bertz CT molecular complexity index is 3010. The van der Waals surface area contributed by atoms with Crippen LogP contribution in [0.1, 0.15) is 76.0 Å². The molecule has 2 aromatic heterocycles. The van der Waals surface area contributed by atoms with Gasteiger partial charge in [0.05, 0.1) is 15.9 Å². The molecule has 4 nitrogen and oxygen atoms in total. The fourth-order valence-electron chi connectivity index (χ4n) is 11.5. The number of benzene rings is 6. The third kappa shape index (κ3) is 4.75. The topological polar surface area (TPSA) is 22.6 Å². The number of rotatable bonds is 5. The van der Waals surface area contributed by atoms with E-state index in [0.717, 1.165) is 28.7 Å². The van der Waals surface area contributed by atoms with E-state index in [-0.39, 0.29) is 17.7 Å². The number of nitrogens with zero attached hydrogens (tertiary/aromatic N) is 4. The quantitative estimate of drug-likeness (QED) is 0.162. The molecule has 0 radical (unpaired) electrons. The summed E-state index contributed by atoms with van der Waals surface area (Å²) in [6.07, 6.45) is 4.94. The van der Waals surface area contributed by atoms with Gasteiger partial charge in [0.2, 0.25) is 0 Å². The Morgan fingerprint density at radius 1 is 0.729 bits per heavy atom. The molecule has 6 aromatic carbocycles. The first-order valence-corrected chi connectivity index (χ1v) is 22.3. The van der Waals surface area contributed by atoms with Crippen LogP contribution in [0.5, 0.6) is 0 Å². The smallest absolute Gasteiger partial charge is 0.254 e. The second kappa shape index (κ2) is 12.6. The Labute approximate surface area is 351 Å². The van der Waals surface area contributed by atoms with Crippen molar-refractivity contribution in [3.8, 4) is 0 Å². The Kier molecular flexibility index (Phi) is 7.49. The van der Waals surface area contributed by atoms with E-state index in [1.54, 1.807) is 5.56 Å². The first-order chi connectivity index (χ1) is 28.7. The van der Waals surface area contributed by atoms with Crippen LogP contribution in [0, 0.1) is 6.92 Å². The van der Waals surface area contributed by atoms with Crippen molar-refractivity contribution in [2.75, 3.05) is 14.7 Å². The lowest BCUT2D eigenvalue weighted by atomic mass is 9.33. The highest BCUT2D eigenvalue weighted by molar-refractivity contribution is 7.26. The molecule has 0 amide bonds. The number of thiophene rings is 1. The van der Waals surface area contributed by atoms with Crippen LogP contribution < -0.4 is 31.1 Å². The highest BCUT2D eigenvalue weighted by Crippen LogP contribution is 2.62. The molecule has 2 atom stereocenters. The monoisotopic (exact) mass is 782 g/mol. The molecule has 6 heteroatoms. The first kappa shape index (κ1) is 35.1. The molecule has 288 valence electrons. The molecular formula is C53H47BN4S.